The van der Waals surface area contributed by atoms with Crippen molar-refractivity contribution in [2.24, 2.45) is 0 Å². The zero-order chi connectivity index (χ0) is 19.4. The molecule has 6 heteroatoms. The normalized spacial score (nSPS) is 16.3. The number of ether oxygens (including phenoxy) is 3. The molecule has 144 valence electrons. The smallest absolute Gasteiger partial charge is 0.263 e. The van der Waals surface area contributed by atoms with Crippen LogP contribution < -0.4 is 19.9 Å². The number of hydrogen-bond donors (Lipinski definition) is 1. The van der Waals surface area contributed by atoms with Gasteiger partial charge in [-0.05, 0) is 48.7 Å². The number of nitrogens with two attached hydrogens (primary N) is 1. The molecule has 6 nitrogen and oxygen atoms in total. The summed E-state index contributed by atoms with van der Waals surface area (Å²) in [6, 6.07) is 11.3. The minimum atomic E-state index is -0.472. The first-order chi connectivity index (χ1) is 13.0. The fourth-order valence-corrected chi connectivity index (χ4v) is 3.28. The molecule has 1 heterocycles. The number of benzene rings is 2. The van der Waals surface area contributed by atoms with Gasteiger partial charge in [0.05, 0.1) is 14.2 Å². The molecular formula is C21H26N2O4. The molecule has 2 aromatic carbocycles. The Morgan fingerprint density at radius 3 is 2.63 bits per heavy atom. The summed E-state index contributed by atoms with van der Waals surface area (Å²) in [4.78, 5) is 14.7. The van der Waals surface area contributed by atoms with Gasteiger partial charge in [0.2, 0.25) is 0 Å². The average molecular weight is 370 g/mol. The highest BCUT2D eigenvalue weighted by Gasteiger charge is 2.29. The van der Waals surface area contributed by atoms with Crippen LogP contribution in [0.4, 0.5) is 5.69 Å². The van der Waals surface area contributed by atoms with Gasteiger partial charge in [-0.1, -0.05) is 13.0 Å². The lowest BCUT2D eigenvalue weighted by atomic mass is 10.1. The largest absolute Gasteiger partial charge is 0.493 e. The van der Waals surface area contributed by atoms with Crippen molar-refractivity contribution in [1.29, 1.82) is 0 Å². The maximum Gasteiger partial charge on any atom is 0.263 e. The lowest BCUT2D eigenvalue weighted by Crippen LogP contribution is -2.40. The number of rotatable bonds is 6. The van der Waals surface area contributed by atoms with E-state index in [0.29, 0.717) is 43.1 Å². The van der Waals surface area contributed by atoms with Gasteiger partial charge in [0.25, 0.3) is 5.91 Å². The van der Waals surface area contributed by atoms with E-state index in [1.165, 1.54) is 0 Å². The first-order valence-electron chi connectivity index (χ1n) is 9.10. The Morgan fingerprint density at radius 2 is 1.93 bits per heavy atom. The van der Waals surface area contributed by atoms with Gasteiger partial charge in [-0.15, -0.1) is 0 Å². The monoisotopic (exact) mass is 370 g/mol. The van der Waals surface area contributed by atoms with Gasteiger partial charge in [-0.2, -0.15) is 0 Å². The molecule has 1 unspecified atom stereocenters. The zero-order valence-corrected chi connectivity index (χ0v) is 16.0. The van der Waals surface area contributed by atoms with E-state index in [4.69, 9.17) is 19.9 Å². The Hall–Kier alpha value is -2.89. The summed E-state index contributed by atoms with van der Waals surface area (Å²) in [5, 5.41) is 0. The molecule has 2 aromatic rings. The van der Waals surface area contributed by atoms with E-state index in [-0.39, 0.29) is 5.91 Å². The number of carbonyl (C=O) groups is 1. The van der Waals surface area contributed by atoms with E-state index in [1.54, 1.807) is 20.3 Å². The van der Waals surface area contributed by atoms with Crippen LogP contribution in [0.1, 0.15) is 24.5 Å². The van der Waals surface area contributed by atoms with Crippen molar-refractivity contribution in [2.45, 2.75) is 32.4 Å². The lowest BCUT2D eigenvalue weighted by molar-refractivity contribution is -0.138. The second-order valence-corrected chi connectivity index (χ2v) is 6.58. The Balaban J connectivity index is 1.79. The molecule has 0 saturated carbocycles. The van der Waals surface area contributed by atoms with Crippen LogP contribution in [0.5, 0.6) is 17.2 Å². The van der Waals surface area contributed by atoms with Crippen LogP contribution in [0.25, 0.3) is 0 Å². The average Bonchev–Trinajstić information content (AvgIpc) is 2.82. The van der Waals surface area contributed by atoms with Gasteiger partial charge in [-0.3, -0.25) is 4.79 Å². The van der Waals surface area contributed by atoms with Crippen LogP contribution in [0, 0.1) is 0 Å². The highest BCUT2D eigenvalue weighted by molar-refractivity contribution is 5.82. The highest BCUT2D eigenvalue weighted by Crippen LogP contribution is 2.30. The van der Waals surface area contributed by atoms with Gasteiger partial charge in [-0.25, -0.2) is 0 Å². The van der Waals surface area contributed by atoms with E-state index in [2.05, 4.69) is 0 Å². The van der Waals surface area contributed by atoms with Crippen molar-refractivity contribution in [1.82, 2.24) is 4.90 Å². The van der Waals surface area contributed by atoms with E-state index in [0.717, 1.165) is 16.9 Å². The van der Waals surface area contributed by atoms with Gasteiger partial charge in [0.1, 0.15) is 5.75 Å². The van der Waals surface area contributed by atoms with Crippen LogP contribution in [0.3, 0.4) is 0 Å². The fraction of sp³-hybridized carbons (Fsp3) is 0.381. The topological polar surface area (TPSA) is 74.0 Å². The first-order valence-corrected chi connectivity index (χ1v) is 9.10. The van der Waals surface area contributed by atoms with Crippen molar-refractivity contribution in [3.63, 3.8) is 0 Å². The van der Waals surface area contributed by atoms with Crippen LogP contribution in [0.2, 0.25) is 0 Å². The first kappa shape index (κ1) is 18.9. The number of carbonyl (C=O) groups excluding carboxylic acids is 1. The van der Waals surface area contributed by atoms with Crippen molar-refractivity contribution in [2.75, 3.05) is 26.5 Å². The minimum absolute atomic E-state index is 0.00717. The second kappa shape index (κ2) is 8.20. The summed E-state index contributed by atoms with van der Waals surface area (Å²) in [7, 11) is 3.23. The molecule has 1 aliphatic heterocycles. The molecule has 0 aromatic heterocycles. The molecule has 1 aliphatic rings. The van der Waals surface area contributed by atoms with E-state index < -0.39 is 6.10 Å². The van der Waals surface area contributed by atoms with Crippen LogP contribution in [-0.2, 0) is 17.8 Å². The molecule has 0 spiro atoms. The predicted octanol–water partition coefficient (Wildman–Crippen LogP) is 3.03. The summed E-state index contributed by atoms with van der Waals surface area (Å²) in [5.41, 5.74) is 8.60. The number of methoxy groups -OCH3 is 2. The molecule has 0 saturated heterocycles. The Morgan fingerprint density at radius 1 is 1.15 bits per heavy atom. The van der Waals surface area contributed by atoms with Crippen molar-refractivity contribution in [3.05, 3.63) is 47.5 Å². The Bertz CT molecular complexity index is 822. The van der Waals surface area contributed by atoms with Gasteiger partial charge in [0.15, 0.2) is 17.6 Å². The maximum atomic E-state index is 12.9. The van der Waals surface area contributed by atoms with E-state index in [9.17, 15) is 4.79 Å². The zero-order valence-electron chi connectivity index (χ0n) is 16.0. The summed E-state index contributed by atoms with van der Waals surface area (Å²) in [5.74, 6) is 2.12. The fourth-order valence-electron chi connectivity index (χ4n) is 3.28. The number of hydrogen-bond acceptors (Lipinski definition) is 5. The van der Waals surface area contributed by atoms with Crippen molar-refractivity contribution >= 4 is 11.6 Å². The molecule has 0 radical (unpaired) electrons. The molecule has 27 heavy (non-hydrogen) atoms. The Kier molecular flexibility index (Phi) is 5.74. The third-order valence-electron chi connectivity index (χ3n) is 4.79. The molecule has 0 aliphatic carbocycles. The molecular weight excluding hydrogens is 344 g/mol. The third-order valence-corrected chi connectivity index (χ3v) is 4.79. The second-order valence-electron chi connectivity index (χ2n) is 6.58. The number of anilines is 1. The van der Waals surface area contributed by atoms with E-state index >= 15 is 0 Å². The van der Waals surface area contributed by atoms with Crippen LogP contribution in [-0.4, -0.2) is 37.7 Å². The summed E-state index contributed by atoms with van der Waals surface area (Å²) in [6.07, 6.45) is 0.857. The quantitative estimate of drug-likeness (QED) is 0.791. The van der Waals surface area contributed by atoms with Gasteiger partial charge >= 0.3 is 0 Å². The number of nitrogens with zero attached hydrogens (tertiary/aromatic N) is 1. The number of nitrogen functional groups attached to an aromatic ring is 1. The SMILES string of the molecule is CCC1Oc2ccc(N)cc2CN(CCc2ccc(OC)c(OC)c2)C1=O. The highest BCUT2D eigenvalue weighted by atomic mass is 16.5. The van der Waals surface area contributed by atoms with Crippen LogP contribution in [0.15, 0.2) is 36.4 Å². The minimum Gasteiger partial charge on any atom is -0.493 e. The standard InChI is InChI=1S/C21H26N2O4/c1-4-17-21(24)23(13-15-12-16(22)6-8-18(15)27-17)10-9-14-5-7-19(25-2)20(11-14)26-3/h5-8,11-12,17H,4,9-10,13,22H2,1-3H3. The van der Waals surface area contributed by atoms with E-state index in [1.807, 2.05) is 42.2 Å². The molecule has 0 fully saturated rings. The Labute approximate surface area is 159 Å². The third kappa shape index (κ3) is 4.10. The van der Waals surface area contributed by atoms with Gasteiger partial charge < -0.3 is 24.8 Å². The van der Waals surface area contributed by atoms with Crippen molar-refractivity contribution < 1.29 is 19.0 Å². The molecule has 2 N–H and O–H groups in total. The summed E-state index contributed by atoms with van der Waals surface area (Å²) >= 11 is 0. The molecule has 1 amide bonds. The molecule has 1 atom stereocenters. The predicted molar refractivity (Wildman–Crippen MR) is 104 cm³/mol. The number of fused-ring (bicyclic) bond motifs is 1. The number of amides is 1. The maximum absolute atomic E-state index is 12.9. The lowest BCUT2D eigenvalue weighted by Gasteiger charge is -2.23. The summed E-state index contributed by atoms with van der Waals surface area (Å²) < 4.78 is 16.6. The molecule has 0 bridgehead atoms. The summed E-state index contributed by atoms with van der Waals surface area (Å²) in [6.45, 7) is 3.03. The van der Waals surface area contributed by atoms with Gasteiger partial charge in [0, 0.05) is 24.3 Å². The molecule has 3 rings (SSSR count). The van der Waals surface area contributed by atoms with Crippen LogP contribution >= 0.6 is 0 Å². The van der Waals surface area contributed by atoms with Crippen molar-refractivity contribution in [3.8, 4) is 17.2 Å².